The monoisotopic (exact) mass is 373 g/mol. The second-order valence-electron chi connectivity index (χ2n) is 5.96. The quantitative estimate of drug-likeness (QED) is 0.536. The first-order chi connectivity index (χ1) is 12.9. The zero-order chi connectivity index (χ0) is 19.8. The number of carbonyl (C=O) groups excluding carboxylic acids is 3. The zero-order valence-electron chi connectivity index (χ0n) is 15.7. The van der Waals surface area contributed by atoms with Gasteiger partial charge in [0.25, 0.3) is 0 Å². The Kier molecular flexibility index (Phi) is 7.16. The molecule has 1 N–H and O–H groups in total. The largest absolute Gasteiger partial charge is 0.497 e. The van der Waals surface area contributed by atoms with Crippen molar-refractivity contribution in [2.24, 2.45) is 0 Å². The van der Waals surface area contributed by atoms with Crippen LogP contribution in [0.4, 0.5) is 0 Å². The molecule has 1 heterocycles. The van der Waals surface area contributed by atoms with Crippen LogP contribution in [0.1, 0.15) is 51.5 Å². The number of furan rings is 1. The van der Waals surface area contributed by atoms with Gasteiger partial charge in [0.15, 0.2) is 5.78 Å². The van der Waals surface area contributed by atoms with Gasteiger partial charge in [-0.25, -0.2) is 4.79 Å². The Bertz CT molecular complexity index is 806. The Morgan fingerprint density at radius 2 is 1.78 bits per heavy atom. The van der Waals surface area contributed by atoms with Crippen LogP contribution in [-0.2, 0) is 16.1 Å². The Morgan fingerprint density at radius 3 is 2.41 bits per heavy atom. The number of benzene rings is 1. The van der Waals surface area contributed by atoms with Crippen LogP contribution in [0.5, 0.6) is 5.75 Å². The molecule has 0 fully saturated rings. The molecule has 2 aromatic rings. The lowest BCUT2D eigenvalue weighted by Gasteiger charge is -2.04. The highest BCUT2D eigenvalue weighted by molar-refractivity contribution is 5.96. The number of Topliss-reactive ketones (excluding diaryl/α,β-unsaturated/α-hetero) is 1. The van der Waals surface area contributed by atoms with E-state index in [4.69, 9.17) is 9.15 Å². The third-order valence-corrected chi connectivity index (χ3v) is 4.05. The molecule has 1 aromatic heterocycles. The molecule has 0 aliphatic rings. The number of amides is 1. The van der Waals surface area contributed by atoms with E-state index in [-0.39, 0.29) is 31.1 Å². The van der Waals surface area contributed by atoms with Crippen molar-refractivity contribution in [3.05, 3.63) is 53.0 Å². The summed E-state index contributed by atoms with van der Waals surface area (Å²) in [7, 11) is 2.86. The van der Waals surface area contributed by atoms with E-state index < -0.39 is 5.97 Å². The van der Waals surface area contributed by atoms with E-state index in [1.807, 2.05) is 0 Å². The highest BCUT2D eigenvalue weighted by atomic mass is 16.5. The van der Waals surface area contributed by atoms with Gasteiger partial charge in [-0.05, 0) is 43.7 Å². The SMILES string of the molecule is COC(=O)c1cc(CNC(=O)CCCC(=O)c2ccc(OC)cc2)oc1C. The van der Waals surface area contributed by atoms with Crippen LogP contribution < -0.4 is 10.1 Å². The van der Waals surface area contributed by atoms with Crippen molar-refractivity contribution in [1.82, 2.24) is 5.32 Å². The summed E-state index contributed by atoms with van der Waals surface area (Å²) in [5.41, 5.74) is 0.935. The maximum absolute atomic E-state index is 12.1. The van der Waals surface area contributed by atoms with Crippen molar-refractivity contribution in [2.75, 3.05) is 14.2 Å². The van der Waals surface area contributed by atoms with Crippen molar-refractivity contribution in [3.63, 3.8) is 0 Å². The summed E-state index contributed by atoms with van der Waals surface area (Å²) in [4.78, 5) is 35.6. The molecule has 0 unspecified atom stereocenters. The molecule has 7 heteroatoms. The van der Waals surface area contributed by atoms with Gasteiger partial charge in [0.1, 0.15) is 22.8 Å². The topological polar surface area (TPSA) is 94.8 Å². The van der Waals surface area contributed by atoms with E-state index in [1.54, 1.807) is 44.4 Å². The van der Waals surface area contributed by atoms with Gasteiger partial charge in [0, 0.05) is 18.4 Å². The third-order valence-electron chi connectivity index (χ3n) is 4.05. The number of hydrogen-bond donors (Lipinski definition) is 1. The second kappa shape index (κ2) is 9.56. The average molecular weight is 373 g/mol. The molecule has 2 rings (SSSR count). The van der Waals surface area contributed by atoms with Crippen LogP contribution in [0.2, 0.25) is 0 Å². The van der Waals surface area contributed by atoms with E-state index >= 15 is 0 Å². The highest BCUT2D eigenvalue weighted by Crippen LogP contribution is 2.16. The van der Waals surface area contributed by atoms with Crippen LogP contribution in [-0.4, -0.2) is 31.9 Å². The number of aryl methyl sites for hydroxylation is 1. The van der Waals surface area contributed by atoms with Gasteiger partial charge in [-0.15, -0.1) is 0 Å². The molecule has 0 atom stereocenters. The van der Waals surface area contributed by atoms with E-state index in [0.29, 0.717) is 34.8 Å². The van der Waals surface area contributed by atoms with Gasteiger partial charge in [0.05, 0.1) is 20.8 Å². The van der Waals surface area contributed by atoms with E-state index in [2.05, 4.69) is 10.1 Å². The zero-order valence-corrected chi connectivity index (χ0v) is 15.7. The van der Waals surface area contributed by atoms with Crippen LogP contribution in [0.25, 0.3) is 0 Å². The Balaban J connectivity index is 1.74. The van der Waals surface area contributed by atoms with Crippen molar-refractivity contribution in [3.8, 4) is 5.75 Å². The smallest absolute Gasteiger partial charge is 0.341 e. The maximum Gasteiger partial charge on any atom is 0.341 e. The average Bonchev–Trinajstić information content (AvgIpc) is 3.06. The number of methoxy groups -OCH3 is 2. The first-order valence-electron chi connectivity index (χ1n) is 8.56. The number of rotatable bonds is 9. The van der Waals surface area contributed by atoms with Gasteiger partial charge in [-0.1, -0.05) is 0 Å². The molecular weight excluding hydrogens is 350 g/mol. The molecule has 0 aliphatic carbocycles. The Labute approximate surface area is 157 Å². The fourth-order valence-electron chi connectivity index (χ4n) is 2.55. The fraction of sp³-hybridized carbons (Fsp3) is 0.350. The Morgan fingerprint density at radius 1 is 1.07 bits per heavy atom. The van der Waals surface area contributed by atoms with Gasteiger partial charge in [-0.3, -0.25) is 9.59 Å². The number of nitrogens with one attached hydrogen (secondary N) is 1. The molecule has 0 aliphatic heterocycles. The Hall–Kier alpha value is -3.09. The lowest BCUT2D eigenvalue weighted by molar-refractivity contribution is -0.121. The molecule has 0 saturated heterocycles. The normalized spacial score (nSPS) is 10.3. The van der Waals surface area contributed by atoms with Crippen LogP contribution in [0.15, 0.2) is 34.7 Å². The second-order valence-corrected chi connectivity index (χ2v) is 5.96. The lowest BCUT2D eigenvalue weighted by atomic mass is 10.1. The van der Waals surface area contributed by atoms with E-state index in [1.165, 1.54) is 7.11 Å². The molecule has 0 saturated carbocycles. The summed E-state index contributed by atoms with van der Waals surface area (Å²) in [5, 5.41) is 2.71. The summed E-state index contributed by atoms with van der Waals surface area (Å²) < 4.78 is 15.1. The maximum atomic E-state index is 12.1. The van der Waals surface area contributed by atoms with Gasteiger partial charge in [0.2, 0.25) is 5.91 Å². The van der Waals surface area contributed by atoms with Crippen LogP contribution in [0, 0.1) is 6.92 Å². The number of ketones is 1. The molecule has 1 aromatic carbocycles. The van der Waals surface area contributed by atoms with E-state index in [9.17, 15) is 14.4 Å². The predicted molar refractivity (Wildman–Crippen MR) is 97.8 cm³/mol. The number of carbonyl (C=O) groups is 3. The van der Waals surface area contributed by atoms with Crippen LogP contribution in [0.3, 0.4) is 0 Å². The summed E-state index contributed by atoms with van der Waals surface area (Å²) in [6, 6.07) is 8.43. The predicted octanol–water partition coefficient (Wildman–Crippen LogP) is 3.05. The van der Waals surface area contributed by atoms with Crippen molar-refractivity contribution in [1.29, 1.82) is 0 Å². The molecule has 0 radical (unpaired) electrons. The molecular formula is C20H23NO6. The molecule has 7 nitrogen and oxygen atoms in total. The van der Waals surface area contributed by atoms with E-state index in [0.717, 1.165) is 0 Å². The lowest BCUT2D eigenvalue weighted by Crippen LogP contribution is -2.22. The van der Waals surface area contributed by atoms with Crippen molar-refractivity contribution >= 4 is 17.7 Å². The van der Waals surface area contributed by atoms with Gasteiger partial charge >= 0.3 is 5.97 Å². The minimum absolute atomic E-state index is 0.0187. The summed E-state index contributed by atoms with van der Waals surface area (Å²) in [5.74, 6) is 0.910. The third kappa shape index (κ3) is 5.70. The van der Waals surface area contributed by atoms with Gasteiger partial charge < -0.3 is 19.2 Å². The summed E-state index contributed by atoms with van der Waals surface area (Å²) in [6.45, 7) is 1.82. The van der Waals surface area contributed by atoms with Gasteiger partial charge in [-0.2, -0.15) is 0 Å². The summed E-state index contributed by atoms with van der Waals surface area (Å²) in [6.07, 6.45) is 0.957. The summed E-state index contributed by atoms with van der Waals surface area (Å²) >= 11 is 0. The molecule has 27 heavy (non-hydrogen) atoms. The van der Waals surface area contributed by atoms with Crippen LogP contribution >= 0.6 is 0 Å². The minimum atomic E-state index is -0.481. The number of hydrogen-bond acceptors (Lipinski definition) is 6. The molecule has 0 spiro atoms. The first kappa shape index (κ1) is 20.2. The molecule has 1 amide bonds. The standard InChI is InChI=1S/C20H23NO6/c1-13-17(20(24)26-3)11-16(27-13)12-21-19(23)6-4-5-18(22)14-7-9-15(25-2)10-8-14/h7-11H,4-6,12H2,1-3H3,(H,21,23). The highest BCUT2D eigenvalue weighted by Gasteiger charge is 2.15. The number of ether oxygens (including phenoxy) is 2. The minimum Gasteiger partial charge on any atom is -0.497 e. The molecule has 144 valence electrons. The molecule has 0 bridgehead atoms. The van der Waals surface area contributed by atoms with Crippen molar-refractivity contribution in [2.45, 2.75) is 32.7 Å². The first-order valence-corrected chi connectivity index (χ1v) is 8.56. The van der Waals surface area contributed by atoms with Crippen molar-refractivity contribution < 1.29 is 28.3 Å². The fourth-order valence-corrected chi connectivity index (χ4v) is 2.55. The number of esters is 1.